The van der Waals surface area contributed by atoms with Crippen molar-refractivity contribution in [2.24, 2.45) is 0 Å². The number of aromatic nitrogens is 2. The molecule has 0 saturated heterocycles. The molecule has 1 aromatic carbocycles. The number of rotatable bonds is 4. The maximum Gasteiger partial charge on any atom is 0.273 e. The van der Waals surface area contributed by atoms with Crippen molar-refractivity contribution in [2.45, 2.75) is 0 Å². The van der Waals surface area contributed by atoms with Crippen LogP contribution in [-0.2, 0) is 0 Å². The molecule has 0 radical (unpaired) electrons. The first kappa shape index (κ1) is 14.7. The average molecular weight is 309 g/mol. The maximum absolute atomic E-state index is 12.1. The van der Waals surface area contributed by atoms with Gasteiger partial charge >= 0.3 is 0 Å². The van der Waals surface area contributed by atoms with E-state index in [0.717, 1.165) is 6.07 Å². The molecule has 0 aliphatic heterocycles. The molecule has 1 heterocycles. The van der Waals surface area contributed by atoms with Crippen LogP contribution in [0.2, 0.25) is 5.15 Å². The Balaban J connectivity index is 2.28. The fourth-order valence-corrected chi connectivity index (χ4v) is 1.68. The summed E-state index contributed by atoms with van der Waals surface area (Å²) in [6, 6.07) is 5.12. The SMILES string of the molecule is COc1cc([N+](=O)[O-])ccc1C(=O)Nc1nccc(Cl)n1. The highest BCUT2D eigenvalue weighted by molar-refractivity contribution is 6.29. The molecule has 2 rings (SSSR count). The number of amides is 1. The van der Waals surface area contributed by atoms with Crippen molar-refractivity contribution in [3.8, 4) is 5.75 Å². The summed E-state index contributed by atoms with van der Waals surface area (Å²) in [5.41, 5.74) is -0.0610. The molecular formula is C12H9ClN4O4. The van der Waals surface area contributed by atoms with E-state index in [1.807, 2.05) is 0 Å². The fraction of sp³-hybridized carbons (Fsp3) is 0.0833. The molecule has 0 saturated carbocycles. The third-order valence-corrected chi connectivity index (χ3v) is 2.70. The first-order chi connectivity index (χ1) is 10.0. The van der Waals surface area contributed by atoms with Gasteiger partial charge in [-0.1, -0.05) is 11.6 Å². The first-order valence-corrected chi connectivity index (χ1v) is 6.01. The van der Waals surface area contributed by atoms with E-state index in [4.69, 9.17) is 16.3 Å². The van der Waals surface area contributed by atoms with E-state index in [2.05, 4.69) is 15.3 Å². The summed E-state index contributed by atoms with van der Waals surface area (Å²) < 4.78 is 4.99. The van der Waals surface area contributed by atoms with Gasteiger partial charge in [0, 0.05) is 12.3 Å². The summed E-state index contributed by atoms with van der Waals surface area (Å²) in [6.07, 6.45) is 1.39. The Morgan fingerprint density at radius 2 is 2.19 bits per heavy atom. The molecule has 9 heteroatoms. The third-order valence-electron chi connectivity index (χ3n) is 2.49. The van der Waals surface area contributed by atoms with Crippen LogP contribution in [0.3, 0.4) is 0 Å². The fourth-order valence-electron chi connectivity index (χ4n) is 1.55. The number of nitro groups is 1. The summed E-state index contributed by atoms with van der Waals surface area (Å²) in [7, 11) is 1.31. The molecule has 0 atom stereocenters. The Hall–Kier alpha value is -2.74. The maximum atomic E-state index is 12.1. The summed E-state index contributed by atoms with van der Waals surface area (Å²) in [5.74, 6) is -0.472. The van der Waals surface area contributed by atoms with Crippen molar-refractivity contribution in [1.29, 1.82) is 0 Å². The number of carbonyl (C=O) groups excluding carboxylic acids is 1. The number of nitro benzene ring substituents is 1. The molecule has 0 aliphatic carbocycles. The number of halogens is 1. The molecule has 108 valence electrons. The Kier molecular flexibility index (Phi) is 4.29. The average Bonchev–Trinajstić information content (AvgIpc) is 2.46. The number of nitrogens with zero attached hydrogens (tertiary/aromatic N) is 3. The minimum atomic E-state index is -0.579. The highest BCUT2D eigenvalue weighted by atomic mass is 35.5. The van der Waals surface area contributed by atoms with E-state index in [1.165, 1.54) is 31.5 Å². The zero-order chi connectivity index (χ0) is 15.4. The van der Waals surface area contributed by atoms with Crippen LogP contribution in [0.25, 0.3) is 0 Å². The lowest BCUT2D eigenvalue weighted by atomic mass is 10.1. The first-order valence-electron chi connectivity index (χ1n) is 5.63. The molecule has 0 spiro atoms. The van der Waals surface area contributed by atoms with Gasteiger partial charge in [0.25, 0.3) is 11.6 Å². The van der Waals surface area contributed by atoms with E-state index >= 15 is 0 Å². The van der Waals surface area contributed by atoms with Gasteiger partial charge in [-0.25, -0.2) is 9.97 Å². The molecule has 0 fully saturated rings. The largest absolute Gasteiger partial charge is 0.496 e. The highest BCUT2D eigenvalue weighted by Gasteiger charge is 2.17. The Labute approximate surface area is 123 Å². The molecule has 1 N–H and O–H groups in total. The van der Waals surface area contributed by atoms with Crippen molar-refractivity contribution in [3.05, 3.63) is 51.3 Å². The zero-order valence-electron chi connectivity index (χ0n) is 10.7. The van der Waals surface area contributed by atoms with Gasteiger partial charge in [-0.15, -0.1) is 0 Å². The van der Waals surface area contributed by atoms with Crippen LogP contribution in [0.1, 0.15) is 10.4 Å². The predicted octanol–water partition coefficient (Wildman–Crippen LogP) is 2.30. The van der Waals surface area contributed by atoms with E-state index in [1.54, 1.807) is 0 Å². The Morgan fingerprint density at radius 1 is 1.43 bits per heavy atom. The van der Waals surface area contributed by atoms with E-state index < -0.39 is 10.8 Å². The minimum Gasteiger partial charge on any atom is -0.496 e. The third kappa shape index (κ3) is 3.42. The number of anilines is 1. The van der Waals surface area contributed by atoms with Crippen molar-refractivity contribution < 1.29 is 14.5 Å². The number of non-ortho nitro benzene ring substituents is 1. The summed E-state index contributed by atoms with van der Waals surface area (Å²) in [4.78, 5) is 29.9. The smallest absolute Gasteiger partial charge is 0.273 e. The molecule has 2 aromatic rings. The van der Waals surface area contributed by atoms with Crippen LogP contribution in [0.5, 0.6) is 5.75 Å². The number of hydrogen-bond donors (Lipinski definition) is 1. The molecule has 8 nitrogen and oxygen atoms in total. The molecule has 0 unspecified atom stereocenters. The zero-order valence-corrected chi connectivity index (χ0v) is 11.5. The molecule has 0 bridgehead atoms. The van der Waals surface area contributed by atoms with Crippen molar-refractivity contribution in [2.75, 3.05) is 12.4 Å². The van der Waals surface area contributed by atoms with Crippen LogP contribution in [0.15, 0.2) is 30.5 Å². The van der Waals surface area contributed by atoms with Gasteiger partial charge in [0.15, 0.2) is 0 Å². The lowest BCUT2D eigenvalue weighted by Crippen LogP contribution is -2.15. The quantitative estimate of drug-likeness (QED) is 0.527. The topological polar surface area (TPSA) is 107 Å². The Morgan fingerprint density at radius 3 is 2.81 bits per heavy atom. The molecule has 0 aliphatic rings. The van der Waals surface area contributed by atoms with Crippen LogP contribution >= 0.6 is 11.6 Å². The Bertz CT molecular complexity index is 707. The van der Waals surface area contributed by atoms with Crippen molar-refractivity contribution >= 4 is 29.1 Å². The monoisotopic (exact) mass is 308 g/mol. The van der Waals surface area contributed by atoms with E-state index in [0.29, 0.717) is 0 Å². The summed E-state index contributed by atoms with van der Waals surface area (Å²) in [5, 5.41) is 13.3. The van der Waals surface area contributed by atoms with Crippen LogP contribution in [0, 0.1) is 10.1 Å². The number of methoxy groups -OCH3 is 1. The molecular weight excluding hydrogens is 300 g/mol. The van der Waals surface area contributed by atoms with Crippen molar-refractivity contribution in [3.63, 3.8) is 0 Å². The number of ether oxygens (including phenoxy) is 1. The second-order valence-corrected chi connectivity index (χ2v) is 4.19. The van der Waals surface area contributed by atoms with Gasteiger partial charge in [0.05, 0.1) is 23.7 Å². The molecule has 21 heavy (non-hydrogen) atoms. The summed E-state index contributed by atoms with van der Waals surface area (Å²) >= 11 is 5.69. The van der Waals surface area contributed by atoms with Crippen LogP contribution in [0.4, 0.5) is 11.6 Å². The highest BCUT2D eigenvalue weighted by Crippen LogP contribution is 2.25. The van der Waals surface area contributed by atoms with Gasteiger partial charge < -0.3 is 4.74 Å². The summed E-state index contributed by atoms with van der Waals surface area (Å²) in [6.45, 7) is 0. The lowest BCUT2D eigenvalue weighted by Gasteiger charge is -2.08. The normalized spacial score (nSPS) is 10.0. The number of hydrogen-bond acceptors (Lipinski definition) is 6. The second kappa shape index (κ2) is 6.14. The minimum absolute atomic E-state index is 0.0212. The van der Waals surface area contributed by atoms with Crippen molar-refractivity contribution in [1.82, 2.24) is 9.97 Å². The standard InChI is InChI=1S/C12H9ClN4O4/c1-21-9-6-7(17(19)20)2-3-8(9)11(18)16-12-14-5-4-10(13)15-12/h2-6H,1H3,(H,14,15,16,18). The molecule has 1 amide bonds. The number of carbonyl (C=O) groups is 1. The lowest BCUT2D eigenvalue weighted by molar-refractivity contribution is -0.384. The van der Waals surface area contributed by atoms with E-state index in [9.17, 15) is 14.9 Å². The van der Waals surface area contributed by atoms with Crippen LogP contribution in [-0.4, -0.2) is 27.9 Å². The van der Waals surface area contributed by atoms with Gasteiger partial charge in [0.1, 0.15) is 10.9 Å². The second-order valence-electron chi connectivity index (χ2n) is 3.80. The number of nitrogens with one attached hydrogen (secondary N) is 1. The van der Waals surface area contributed by atoms with E-state index in [-0.39, 0.29) is 28.1 Å². The van der Waals surface area contributed by atoms with Gasteiger partial charge in [-0.3, -0.25) is 20.2 Å². The molecule has 1 aromatic heterocycles. The van der Waals surface area contributed by atoms with Gasteiger partial charge in [0.2, 0.25) is 5.95 Å². The predicted molar refractivity (Wildman–Crippen MR) is 74.6 cm³/mol. The van der Waals surface area contributed by atoms with Gasteiger partial charge in [-0.2, -0.15) is 0 Å². The van der Waals surface area contributed by atoms with Crippen LogP contribution < -0.4 is 10.1 Å². The number of benzene rings is 1. The van der Waals surface area contributed by atoms with Gasteiger partial charge in [-0.05, 0) is 12.1 Å².